The molecule has 16 heavy (non-hydrogen) atoms. The summed E-state index contributed by atoms with van der Waals surface area (Å²) in [7, 11) is -14.1. The zero-order valence-electron chi connectivity index (χ0n) is 6.48. The van der Waals surface area contributed by atoms with E-state index in [1.807, 2.05) is 0 Å². The fourth-order valence-corrected chi connectivity index (χ4v) is 0. The van der Waals surface area contributed by atoms with Crippen molar-refractivity contribution >= 4 is 0 Å². The second-order valence-corrected chi connectivity index (χ2v) is 3.56. The Morgan fingerprint density at radius 2 is 0.438 bits per heavy atom. The third kappa shape index (κ3) is 1200. The minimum absolute atomic E-state index is 0. The van der Waals surface area contributed by atoms with Gasteiger partial charge < -0.3 is 0 Å². The second-order valence-electron chi connectivity index (χ2n) is 1.19. The van der Waals surface area contributed by atoms with Gasteiger partial charge in [-0.1, -0.05) is 0 Å². The zero-order chi connectivity index (χ0) is 13.5. The summed E-state index contributed by atoms with van der Waals surface area (Å²) in [6.45, 7) is 0. The Kier molecular flexibility index (Phi) is 17.4. The van der Waals surface area contributed by atoms with E-state index in [9.17, 15) is 0 Å². The van der Waals surface area contributed by atoms with Crippen LogP contribution in [0.5, 0.6) is 0 Å². The monoisotopic (exact) mass is 459 g/mol. The molecule has 0 aromatic rings. The van der Waals surface area contributed by atoms with Crippen LogP contribution in [0, 0.1) is 69.3 Å². The number of rotatable bonds is 0. The van der Waals surface area contributed by atoms with Crippen molar-refractivity contribution in [2.75, 3.05) is 0 Å². The van der Waals surface area contributed by atoms with Crippen molar-refractivity contribution in [3.63, 3.8) is 0 Å². The van der Waals surface area contributed by atoms with E-state index < -0.39 is 30.7 Å². The minimum Gasteiger partial charge on any atom is -0.183 e. The molecule has 0 amide bonds. The van der Waals surface area contributed by atoms with Crippen LogP contribution >= 0.6 is 0 Å². The largest absolute Gasteiger partial charge is 0.183 e. The predicted octanol–water partition coefficient (Wildman–Crippen LogP) is -12.4. The zero-order valence-corrected chi connectivity index (χ0v) is 10.9. The van der Waals surface area contributed by atoms with Crippen molar-refractivity contribution in [1.82, 2.24) is 0 Å². The first kappa shape index (κ1) is 26.3. The summed E-state index contributed by atoms with van der Waals surface area (Å²) >= 11 is 0. The van der Waals surface area contributed by atoms with Crippen LogP contribution in [-0.4, -0.2) is 14.0 Å². The average Bonchev–Trinajstić information content (AvgIpc) is 1.41. The molecule has 0 aliphatic rings. The Balaban J connectivity index is -0.0000000655. The molecule has 0 fully saturated rings. The van der Waals surface area contributed by atoms with Gasteiger partial charge in [0.2, 0.25) is 0 Å². The van der Waals surface area contributed by atoms with Gasteiger partial charge in [0, 0.05) is 38.6 Å². The van der Waals surface area contributed by atoms with Gasteiger partial charge >= 0.3 is 0 Å². The van der Waals surface area contributed by atoms with E-state index in [0.29, 0.717) is 0 Å². The molecule has 16 heteroatoms. The molecule has 0 saturated heterocycles. The topological polar surface area (TPSA) is 268 Å². The third-order valence-electron chi connectivity index (χ3n) is 0. The summed E-state index contributed by atoms with van der Waals surface area (Å²) in [5, 5.41) is 0. The molecule has 0 atom stereocenters. The molecule has 0 spiro atoms. The molecular weight excluding hydrogens is 457 g/mol. The smallest absolute Gasteiger partial charge is 0.0777 e. The molecule has 0 bridgehead atoms. The van der Waals surface area contributed by atoms with Crippen molar-refractivity contribution in [3.8, 4) is 0 Å². The van der Waals surface area contributed by atoms with Crippen molar-refractivity contribution in [1.29, 1.82) is 0 Å². The molecule has 0 aromatic carbocycles. The summed E-state index contributed by atoms with van der Waals surface area (Å²) in [5.41, 5.74) is 0. The summed E-state index contributed by atoms with van der Waals surface area (Å²) in [6, 6.07) is 0. The van der Waals surface area contributed by atoms with E-state index in [2.05, 4.69) is 0 Å². The molecule has 12 nitrogen and oxygen atoms in total. The average molecular weight is 460 g/mol. The molecule has 0 aliphatic carbocycles. The van der Waals surface area contributed by atoms with Gasteiger partial charge in [0.1, 0.15) is 0 Å². The van der Waals surface area contributed by atoms with Gasteiger partial charge in [-0.05, 0) is 0 Å². The molecule has 105 valence electrons. The van der Waals surface area contributed by atoms with Gasteiger partial charge in [-0.15, -0.1) is 0 Å². The van der Waals surface area contributed by atoms with Crippen LogP contribution in [0.15, 0.2) is 0 Å². The van der Waals surface area contributed by atoms with Gasteiger partial charge in [0.05, 0.1) is 44.7 Å². The van der Waals surface area contributed by atoms with Crippen LogP contribution in [0.4, 0.5) is 0 Å². The van der Waals surface area contributed by atoms with Crippen LogP contribution < -0.4 is 41.9 Å². The molecule has 3 N–H and O–H groups in total. The number of halogens is 3. The normalized spacial score (nSPS) is 11.2. The Labute approximate surface area is 124 Å². The van der Waals surface area contributed by atoms with Crippen molar-refractivity contribution in [2.45, 2.75) is 0 Å². The Hall–Kier alpha value is 1.68. The molecule has 0 aromatic heterocycles. The summed E-state index contributed by atoms with van der Waals surface area (Å²) < 4.78 is 98.2. The maximum atomic E-state index is 8.60. The van der Waals surface area contributed by atoms with E-state index in [1.54, 1.807) is 0 Å². The van der Waals surface area contributed by atoms with Crippen molar-refractivity contribution in [3.05, 3.63) is 0 Å². The second kappa shape index (κ2) is 10.6. The molecule has 0 saturated carbocycles. The molecular formula is H3Cl3O12Tb. The minimum atomic E-state index is -4.69. The summed E-state index contributed by atoms with van der Waals surface area (Å²) in [6.07, 6.45) is 0. The van der Waals surface area contributed by atoms with Crippen LogP contribution in [0.2, 0.25) is 0 Å². The maximum absolute atomic E-state index is 8.60. The Morgan fingerprint density at radius 3 is 0.438 bits per heavy atom. The Morgan fingerprint density at radius 1 is 0.438 bits per heavy atom. The van der Waals surface area contributed by atoms with Gasteiger partial charge in [-0.2, -0.15) is 41.9 Å². The van der Waals surface area contributed by atoms with E-state index in [4.69, 9.17) is 55.9 Å². The first-order chi connectivity index (χ1) is 6.00. The van der Waals surface area contributed by atoms with Crippen LogP contribution in [0.25, 0.3) is 0 Å². The first-order valence-corrected chi connectivity index (χ1v) is 5.69. The molecule has 1 radical (unpaired) electrons. The summed E-state index contributed by atoms with van der Waals surface area (Å²) in [4.78, 5) is 0. The standard InChI is InChI=1S/3ClHO4.Tb/c3*2-1(3,4)5;/h3*(H,2,3,4,5);. The van der Waals surface area contributed by atoms with E-state index in [-0.39, 0.29) is 38.6 Å². The molecule has 0 aliphatic heterocycles. The van der Waals surface area contributed by atoms with Crippen LogP contribution in [0.3, 0.4) is 0 Å². The maximum Gasteiger partial charge on any atom is 0.0777 e. The third-order valence-corrected chi connectivity index (χ3v) is 0. The van der Waals surface area contributed by atoms with Gasteiger partial charge in [-0.3, -0.25) is 0 Å². The fourth-order valence-electron chi connectivity index (χ4n) is 0. The van der Waals surface area contributed by atoms with Crippen molar-refractivity contribution in [2.24, 2.45) is 0 Å². The molecule has 0 unspecified atom stereocenters. The van der Waals surface area contributed by atoms with E-state index >= 15 is 0 Å². The first-order valence-electron chi connectivity index (χ1n) is 1.90. The molecule has 0 rings (SSSR count). The fraction of sp³-hybridized carbons (Fsp3) is 0. The molecule has 0 heterocycles. The summed E-state index contributed by atoms with van der Waals surface area (Å²) in [5.74, 6) is 0. The van der Waals surface area contributed by atoms with Gasteiger partial charge in [-0.25, -0.2) is 0 Å². The predicted molar refractivity (Wildman–Crippen MR) is 6.66 cm³/mol. The SMILES string of the molecule is [O-][Cl+3]([O-])([O-])O.[O-][Cl+3]([O-])([O-])O.[O-][Cl+3]([O-])([O-])O.[Tb]. The van der Waals surface area contributed by atoms with E-state index in [0.717, 1.165) is 0 Å². The number of hydrogen-bond acceptors (Lipinski definition) is 12. The van der Waals surface area contributed by atoms with Crippen LogP contribution in [-0.2, 0) is 0 Å². The quantitative estimate of drug-likeness (QED) is 0.304. The number of hydrogen-bond donors (Lipinski definition) is 3. The Bertz CT molecular complexity index is 91.3. The van der Waals surface area contributed by atoms with E-state index in [1.165, 1.54) is 0 Å². The van der Waals surface area contributed by atoms with Crippen LogP contribution in [0.1, 0.15) is 0 Å². The van der Waals surface area contributed by atoms with Gasteiger partial charge in [0.15, 0.2) is 0 Å². The van der Waals surface area contributed by atoms with Crippen molar-refractivity contribution < 1.29 is 125 Å². The van der Waals surface area contributed by atoms with Gasteiger partial charge in [0.25, 0.3) is 0 Å².